The minimum Gasteiger partial charge on any atom is -0.462 e. The monoisotopic (exact) mass is 897 g/mol. The maximum atomic E-state index is 12.8. The maximum Gasteiger partial charge on any atom is 0.306 e. The van der Waals surface area contributed by atoms with Gasteiger partial charge >= 0.3 is 17.9 Å². The van der Waals surface area contributed by atoms with E-state index >= 15 is 0 Å². The lowest BCUT2D eigenvalue weighted by molar-refractivity contribution is -0.167. The predicted octanol–water partition coefficient (Wildman–Crippen LogP) is 17.1. The van der Waals surface area contributed by atoms with Crippen LogP contribution in [0.5, 0.6) is 0 Å². The fraction of sp³-hybridized carbons (Fsp3) is 0.576. The van der Waals surface area contributed by atoms with Crippen molar-refractivity contribution in [1.82, 2.24) is 0 Å². The second-order valence-electron chi connectivity index (χ2n) is 16.5. The number of allylic oxidation sites excluding steroid dienone is 22. The minimum absolute atomic E-state index is 0.114. The lowest BCUT2D eigenvalue weighted by Crippen LogP contribution is -2.30. The van der Waals surface area contributed by atoms with Crippen LogP contribution in [-0.2, 0) is 28.6 Å². The van der Waals surface area contributed by atoms with Crippen molar-refractivity contribution in [2.45, 2.75) is 207 Å². The Hall–Kier alpha value is -4.45. The van der Waals surface area contributed by atoms with Crippen LogP contribution in [0.3, 0.4) is 0 Å². The summed E-state index contributed by atoms with van der Waals surface area (Å²) in [5, 5.41) is 0. The molecule has 0 aliphatic heterocycles. The van der Waals surface area contributed by atoms with Crippen molar-refractivity contribution < 1.29 is 28.6 Å². The van der Waals surface area contributed by atoms with Gasteiger partial charge in [-0.25, -0.2) is 0 Å². The second-order valence-corrected chi connectivity index (χ2v) is 16.5. The van der Waals surface area contributed by atoms with Crippen LogP contribution in [0, 0.1) is 0 Å². The molecule has 0 rings (SSSR count). The standard InChI is InChI=1S/C59H92O6/c1-4-7-10-13-16-19-22-25-27-29-30-32-34-37-40-43-46-49-52-58(61)64-55-56(54-63-57(60)51-48-45-42-39-36-33-24-21-18-15-12-9-6-3)65-59(62)53-50-47-44-41-38-35-31-28-26-23-20-17-14-11-8-5-2/h8-9,11-12,15-22,24-30,32-33,36,56H,4-7,10,13-14,23,31,34-35,37-55H2,1-3H3/b11-8-,12-9-,18-15-,19-16-,20-17-,24-21-,25-22-,28-26-,29-27-,32-30-,36-33-. The Balaban J connectivity index is 4.54. The van der Waals surface area contributed by atoms with Crippen LogP contribution in [0.25, 0.3) is 0 Å². The summed E-state index contributed by atoms with van der Waals surface area (Å²) in [4.78, 5) is 38.0. The Kier molecular flexibility index (Phi) is 48.6. The molecule has 1 unspecified atom stereocenters. The molecule has 0 amide bonds. The molecule has 65 heavy (non-hydrogen) atoms. The van der Waals surface area contributed by atoms with E-state index in [0.717, 1.165) is 128 Å². The SMILES string of the molecule is CC\C=C/C=C\C=C/C=C\CCCCCC(=O)OCC(COC(=O)CCCCCCC\C=C/C=C\C=C/C=C\CCCCC)OC(=O)CCCCCCCC/C=C\C/C=C\C/C=C\CC. The fourth-order valence-electron chi connectivity index (χ4n) is 6.48. The summed E-state index contributed by atoms with van der Waals surface area (Å²) in [6.07, 6.45) is 72.8. The van der Waals surface area contributed by atoms with Gasteiger partial charge in [-0.3, -0.25) is 14.4 Å². The highest BCUT2D eigenvalue weighted by Crippen LogP contribution is 2.13. The van der Waals surface area contributed by atoms with Gasteiger partial charge in [0.25, 0.3) is 0 Å². The van der Waals surface area contributed by atoms with Gasteiger partial charge in [-0.15, -0.1) is 0 Å². The van der Waals surface area contributed by atoms with Crippen LogP contribution >= 0.6 is 0 Å². The Morgan fingerprint density at radius 3 is 1.14 bits per heavy atom. The first-order valence-electron chi connectivity index (χ1n) is 25.8. The summed E-state index contributed by atoms with van der Waals surface area (Å²) in [5.41, 5.74) is 0. The molecule has 0 bridgehead atoms. The largest absolute Gasteiger partial charge is 0.462 e. The molecule has 0 aliphatic carbocycles. The van der Waals surface area contributed by atoms with E-state index < -0.39 is 6.10 Å². The highest BCUT2D eigenvalue weighted by atomic mass is 16.6. The van der Waals surface area contributed by atoms with Gasteiger partial charge in [0.05, 0.1) is 0 Å². The summed E-state index contributed by atoms with van der Waals surface area (Å²) in [6.45, 7) is 6.26. The van der Waals surface area contributed by atoms with Crippen LogP contribution in [0.4, 0.5) is 0 Å². The number of hydrogen-bond donors (Lipinski definition) is 0. The van der Waals surface area contributed by atoms with E-state index in [1.54, 1.807) is 0 Å². The summed E-state index contributed by atoms with van der Waals surface area (Å²) >= 11 is 0. The molecule has 0 aliphatic rings. The van der Waals surface area contributed by atoms with Crippen LogP contribution in [0.2, 0.25) is 0 Å². The molecule has 0 radical (unpaired) electrons. The van der Waals surface area contributed by atoms with Crippen molar-refractivity contribution >= 4 is 17.9 Å². The number of carbonyl (C=O) groups is 3. The zero-order valence-electron chi connectivity index (χ0n) is 41.4. The summed E-state index contributed by atoms with van der Waals surface area (Å²) in [7, 11) is 0. The molecular formula is C59H92O6. The number of unbranched alkanes of at least 4 members (excludes halogenated alkanes) is 17. The Morgan fingerprint density at radius 1 is 0.338 bits per heavy atom. The van der Waals surface area contributed by atoms with E-state index in [9.17, 15) is 14.4 Å². The summed E-state index contributed by atoms with van der Waals surface area (Å²) in [5.74, 6) is -0.997. The molecular weight excluding hydrogens is 805 g/mol. The normalized spacial score (nSPS) is 13.2. The van der Waals surface area contributed by atoms with Gasteiger partial charge in [0, 0.05) is 19.3 Å². The van der Waals surface area contributed by atoms with Gasteiger partial charge in [-0.2, -0.15) is 0 Å². The van der Waals surface area contributed by atoms with Crippen LogP contribution in [0.15, 0.2) is 134 Å². The van der Waals surface area contributed by atoms with Crippen LogP contribution < -0.4 is 0 Å². The molecule has 6 heteroatoms. The molecule has 0 fully saturated rings. The molecule has 0 aromatic carbocycles. The zero-order chi connectivity index (χ0) is 47.2. The van der Waals surface area contributed by atoms with Crippen molar-refractivity contribution in [3.63, 3.8) is 0 Å². The van der Waals surface area contributed by atoms with Crippen molar-refractivity contribution in [3.8, 4) is 0 Å². The third-order valence-electron chi connectivity index (χ3n) is 10.3. The van der Waals surface area contributed by atoms with E-state index in [0.29, 0.717) is 19.3 Å². The Bertz CT molecular complexity index is 1450. The molecule has 0 aromatic heterocycles. The van der Waals surface area contributed by atoms with E-state index in [1.807, 2.05) is 36.5 Å². The third-order valence-corrected chi connectivity index (χ3v) is 10.3. The first kappa shape index (κ1) is 60.5. The molecule has 0 N–H and O–H groups in total. The molecule has 0 aromatic rings. The third kappa shape index (κ3) is 50.4. The first-order valence-corrected chi connectivity index (χ1v) is 25.8. The van der Waals surface area contributed by atoms with Crippen LogP contribution in [-0.4, -0.2) is 37.2 Å². The molecule has 0 saturated carbocycles. The van der Waals surface area contributed by atoms with Gasteiger partial charge in [0.1, 0.15) is 13.2 Å². The minimum atomic E-state index is -0.816. The average Bonchev–Trinajstić information content (AvgIpc) is 3.30. The lowest BCUT2D eigenvalue weighted by atomic mass is 10.1. The summed E-state index contributed by atoms with van der Waals surface area (Å²) in [6, 6.07) is 0. The smallest absolute Gasteiger partial charge is 0.306 e. The highest BCUT2D eigenvalue weighted by Gasteiger charge is 2.19. The van der Waals surface area contributed by atoms with E-state index in [-0.39, 0.29) is 31.1 Å². The number of rotatable bonds is 44. The van der Waals surface area contributed by atoms with Gasteiger partial charge in [0.15, 0.2) is 6.10 Å². The van der Waals surface area contributed by atoms with Crippen molar-refractivity contribution in [2.75, 3.05) is 13.2 Å². The van der Waals surface area contributed by atoms with Gasteiger partial charge in [0.2, 0.25) is 0 Å². The Labute approximate surface area is 398 Å². The van der Waals surface area contributed by atoms with Crippen molar-refractivity contribution in [3.05, 3.63) is 134 Å². The number of esters is 3. The number of hydrogen-bond acceptors (Lipinski definition) is 6. The fourth-order valence-corrected chi connectivity index (χ4v) is 6.48. The van der Waals surface area contributed by atoms with E-state index in [2.05, 4.69) is 118 Å². The zero-order valence-corrected chi connectivity index (χ0v) is 41.4. The molecule has 0 saturated heterocycles. The Morgan fingerprint density at radius 2 is 0.677 bits per heavy atom. The molecule has 364 valence electrons. The highest BCUT2D eigenvalue weighted by molar-refractivity contribution is 5.71. The number of carbonyl (C=O) groups excluding carboxylic acids is 3. The topological polar surface area (TPSA) is 78.9 Å². The second kappa shape index (κ2) is 52.2. The van der Waals surface area contributed by atoms with Crippen molar-refractivity contribution in [1.29, 1.82) is 0 Å². The summed E-state index contributed by atoms with van der Waals surface area (Å²) < 4.78 is 16.7. The predicted molar refractivity (Wildman–Crippen MR) is 279 cm³/mol. The number of ether oxygens (including phenoxy) is 3. The molecule has 1 atom stereocenters. The molecule has 6 nitrogen and oxygen atoms in total. The van der Waals surface area contributed by atoms with Crippen LogP contribution in [0.1, 0.15) is 201 Å². The van der Waals surface area contributed by atoms with Gasteiger partial charge in [-0.05, 0) is 96.3 Å². The quantitative estimate of drug-likeness (QED) is 0.0199. The van der Waals surface area contributed by atoms with Gasteiger partial charge in [-0.1, -0.05) is 219 Å². The first-order chi connectivity index (χ1) is 32.0. The van der Waals surface area contributed by atoms with E-state index in [1.165, 1.54) is 32.1 Å². The van der Waals surface area contributed by atoms with E-state index in [4.69, 9.17) is 14.2 Å². The maximum absolute atomic E-state index is 12.8. The molecule has 0 spiro atoms. The molecule has 0 heterocycles. The average molecular weight is 897 g/mol. The van der Waals surface area contributed by atoms with Gasteiger partial charge < -0.3 is 14.2 Å². The van der Waals surface area contributed by atoms with Crippen molar-refractivity contribution in [2.24, 2.45) is 0 Å². The lowest BCUT2D eigenvalue weighted by Gasteiger charge is -2.18.